The van der Waals surface area contributed by atoms with E-state index in [4.69, 9.17) is 4.74 Å². The van der Waals surface area contributed by atoms with Gasteiger partial charge >= 0.3 is 6.09 Å². The van der Waals surface area contributed by atoms with Crippen LogP contribution in [0.4, 0.5) is 4.79 Å². The van der Waals surface area contributed by atoms with Crippen molar-refractivity contribution in [1.82, 2.24) is 15.5 Å². The van der Waals surface area contributed by atoms with Crippen LogP contribution in [0.3, 0.4) is 0 Å². The van der Waals surface area contributed by atoms with Crippen molar-refractivity contribution in [3.63, 3.8) is 0 Å². The van der Waals surface area contributed by atoms with Crippen molar-refractivity contribution in [2.45, 2.75) is 111 Å². The summed E-state index contributed by atoms with van der Waals surface area (Å²) in [6.45, 7) is 16.8. The van der Waals surface area contributed by atoms with Gasteiger partial charge in [-0.2, -0.15) is 0 Å². The Labute approximate surface area is 210 Å². The number of nitrogens with zero attached hydrogens (tertiary/aromatic N) is 1. The fourth-order valence-electron chi connectivity index (χ4n) is 3.68. The maximum absolute atomic E-state index is 13.8. The van der Waals surface area contributed by atoms with Crippen molar-refractivity contribution in [2.24, 2.45) is 0 Å². The van der Waals surface area contributed by atoms with E-state index in [0.29, 0.717) is 24.1 Å². The number of carbonyl (C=O) groups excluding carboxylic acids is 3. The van der Waals surface area contributed by atoms with Gasteiger partial charge in [-0.1, -0.05) is 44.9 Å². The fraction of sp³-hybridized carbons (Fsp3) is 0.667. The number of ether oxygens (including phenoxy) is 1. The summed E-state index contributed by atoms with van der Waals surface area (Å²) in [4.78, 5) is 41.3. The van der Waals surface area contributed by atoms with E-state index in [1.807, 2.05) is 20.8 Å². The Balaban J connectivity index is 3.48. The number of phenolic OH excluding ortho intramolecular Hbond substituents is 1. The molecular weight excluding hydrogens is 446 g/mol. The number of aromatic hydroxyl groups is 1. The average molecular weight is 492 g/mol. The van der Waals surface area contributed by atoms with Crippen molar-refractivity contribution in [3.8, 4) is 5.75 Å². The number of amides is 3. The van der Waals surface area contributed by atoms with E-state index in [2.05, 4.69) is 17.6 Å². The Hall–Kier alpha value is -2.77. The molecule has 0 aromatic heterocycles. The summed E-state index contributed by atoms with van der Waals surface area (Å²) in [6, 6.07) is 3.13. The number of aryl methyl sites for hydroxylation is 1. The monoisotopic (exact) mass is 491 g/mol. The molecule has 1 aromatic carbocycles. The number of rotatable bonds is 11. The van der Waals surface area contributed by atoms with E-state index in [9.17, 15) is 19.5 Å². The normalized spacial score (nSPS) is 13.5. The summed E-state index contributed by atoms with van der Waals surface area (Å²) in [6.07, 6.45) is 2.63. The molecular formula is C27H45N3O5. The second-order valence-electron chi connectivity index (χ2n) is 10.7. The molecule has 3 N–H and O–H groups in total. The zero-order valence-electron chi connectivity index (χ0n) is 22.9. The molecule has 0 aliphatic heterocycles. The molecule has 0 bridgehead atoms. The van der Waals surface area contributed by atoms with Gasteiger partial charge in [0.1, 0.15) is 23.4 Å². The van der Waals surface area contributed by atoms with Gasteiger partial charge in [0, 0.05) is 17.6 Å². The minimum absolute atomic E-state index is 0.0290. The number of hydrogen-bond acceptors (Lipinski definition) is 5. The number of alkyl carbamates (subject to hydrolysis) is 1. The molecule has 8 heteroatoms. The quantitative estimate of drug-likeness (QED) is 0.379. The molecule has 0 spiro atoms. The van der Waals surface area contributed by atoms with Crippen molar-refractivity contribution >= 4 is 17.9 Å². The van der Waals surface area contributed by atoms with Crippen LogP contribution in [0, 0.1) is 6.92 Å². The van der Waals surface area contributed by atoms with Gasteiger partial charge < -0.3 is 25.4 Å². The number of unbranched alkanes of at least 4 members (excludes halogenated alkanes) is 2. The molecule has 3 amide bonds. The molecule has 2 atom stereocenters. The number of nitrogens with one attached hydrogen (secondary N) is 2. The zero-order chi connectivity index (χ0) is 27.0. The van der Waals surface area contributed by atoms with E-state index in [1.54, 1.807) is 52.8 Å². The molecule has 0 heterocycles. The third-order valence-corrected chi connectivity index (χ3v) is 6.01. The Bertz CT molecular complexity index is 876. The van der Waals surface area contributed by atoms with Gasteiger partial charge in [0.2, 0.25) is 11.8 Å². The van der Waals surface area contributed by atoms with Gasteiger partial charge in [-0.3, -0.25) is 9.59 Å². The van der Waals surface area contributed by atoms with E-state index in [-0.39, 0.29) is 11.7 Å². The Morgan fingerprint density at radius 1 is 1.09 bits per heavy atom. The summed E-state index contributed by atoms with van der Waals surface area (Å²) in [5.74, 6) is -0.850. The molecule has 0 saturated heterocycles. The summed E-state index contributed by atoms with van der Waals surface area (Å²) in [7, 11) is 0. The number of benzene rings is 1. The van der Waals surface area contributed by atoms with Crippen molar-refractivity contribution < 1.29 is 24.2 Å². The highest BCUT2D eigenvalue weighted by Crippen LogP contribution is 2.37. The fourth-order valence-corrected chi connectivity index (χ4v) is 3.68. The standard InChI is InChI=1S/C27H45N3O5/c1-10-12-13-17-28-23(32)21(20-16-14-15-18(3)22(20)31)30(27(8,9)11-2)24(33)19(4)29-25(34)35-26(5,6)7/h14-16,19,21,31H,10-13,17H2,1-9H3,(H,28,32)(H,29,34). The lowest BCUT2D eigenvalue weighted by Crippen LogP contribution is -2.58. The topological polar surface area (TPSA) is 108 Å². The maximum Gasteiger partial charge on any atom is 0.408 e. The molecule has 2 unspecified atom stereocenters. The van der Waals surface area contributed by atoms with Gasteiger partial charge in [0.05, 0.1) is 0 Å². The second kappa shape index (κ2) is 12.8. The molecule has 0 aliphatic rings. The molecule has 0 aliphatic carbocycles. The third kappa shape index (κ3) is 8.75. The third-order valence-electron chi connectivity index (χ3n) is 6.01. The second-order valence-corrected chi connectivity index (χ2v) is 10.7. The molecule has 35 heavy (non-hydrogen) atoms. The Morgan fingerprint density at radius 3 is 2.26 bits per heavy atom. The molecule has 0 saturated carbocycles. The average Bonchev–Trinajstić information content (AvgIpc) is 2.75. The van der Waals surface area contributed by atoms with Gasteiger partial charge in [-0.05, 0) is 66.9 Å². The molecule has 0 fully saturated rings. The minimum atomic E-state index is -1.08. The summed E-state index contributed by atoms with van der Waals surface area (Å²) in [5, 5.41) is 16.4. The highest BCUT2D eigenvalue weighted by atomic mass is 16.6. The van der Waals surface area contributed by atoms with Crippen LogP contribution >= 0.6 is 0 Å². The first-order valence-corrected chi connectivity index (χ1v) is 12.5. The SMILES string of the molecule is CCCCCNC(=O)C(c1cccc(C)c1O)N(C(=O)C(C)NC(=O)OC(C)(C)C)C(C)(C)CC. The first-order valence-electron chi connectivity index (χ1n) is 12.5. The van der Waals surface area contributed by atoms with Gasteiger partial charge in [-0.25, -0.2) is 4.79 Å². The molecule has 1 rings (SSSR count). The highest BCUT2D eigenvalue weighted by Gasteiger charge is 2.43. The largest absolute Gasteiger partial charge is 0.507 e. The summed E-state index contributed by atoms with van der Waals surface area (Å²) < 4.78 is 5.31. The molecule has 1 aromatic rings. The molecule has 0 radical (unpaired) electrons. The van der Waals surface area contributed by atoms with Crippen molar-refractivity contribution in [2.75, 3.05) is 6.54 Å². The predicted octanol–water partition coefficient (Wildman–Crippen LogP) is 4.98. The summed E-state index contributed by atoms with van der Waals surface area (Å²) in [5.41, 5.74) is -0.531. The number of hydrogen-bond donors (Lipinski definition) is 3. The minimum Gasteiger partial charge on any atom is -0.507 e. The van der Waals surface area contributed by atoms with E-state index in [1.165, 1.54) is 4.90 Å². The van der Waals surface area contributed by atoms with Gasteiger partial charge in [0.15, 0.2) is 0 Å². The van der Waals surface area contributed by atoms with Crippen LogP contribution in [-0.2, 0) is 14.3 Å². The number of carbonyl (C=O) groups is 3. The van der Waals surface area contributed by atoms with Crippen LogP contribution < -0.4 is 10.6 Å². The number of phenols is 1. The van der Waals surface area contributed by atoms with Crippen LogP contribution in [-0.4, -0.2) is 51.6 Å². The van der Waals surface area contributed by atoms with Crippen LogP contribution in [0.15, 0.2) is 18.2 Å². The lowest BCUT2D eigenvalue weighted by Gasteiger charge is -2.44. The highest BCUT2D eigenvalue weighted by molar-refractivity contribution is 5.93. The van der Waals surface area contributed by atoms with Crippen LogP contribution in [0.5, 0.6) is 5.75 Å². The first-order chi connectivity index (χ1) is 16.2. The Kier molecular flexibility index (Phi) is 11.1. The van der Waals surface area contributed by atoms with Crippen molar-refractivity contribution in [3.05, 3.63) is 29.3 Å². The van der Waals surface area contributed by atoms with E-state index < -0.39 is 35.2 Å². The van der Waals surface area contributed by atoms with Crippen LogP contribution in [0.1, 0.15) is 98.2 Å². The van der Waals surface area contributed by atoms with Crippen LogP contribution in [0.2, 0.25) is 0 Å². The molecule has 198 valence electrons. The van der Waals surface area contributed by atoms with E-state index in [0.717, 1.165) is 19.3 Å². The smallest absolute Gasteiger partial charge is 0.408 e. The Morgan fingerprint density at radius 2 is 1.71 bits per heavy atom. The summed E-state index contributed by atoms with van der Waals surface area (Å²) >= 11 is 0. The molecule has 8 nitrogen and oxygen atoms in total. The van der Waals surface area contributed by atoms with Gasteiger partial charge in [-0.15, -0.1) is 0 Å². The lowest BCUT2D eigenvalue weighted by atomic mass is 9.91. The van der Waals surface area contributed by atoms with Crippen LogP contribution in [0.25, 0.3) is 0 Å². The lowest BCUT2D eigenvalue weighted by molar-refractivity contribution is -0.149. The first kappa shape index (κ1) is 30.3. The zero-order valence-corrected chi connectivity index (χ0v) is 22.9. The van der Waals surface area contributed by atoms with Gasteiger partial charge in [0.25, 0.3) is 0 Å². The van der Waals surface area contributed by atoms with E-state index >= 15 is 0 Å². The predicted molar refractivity (Wildman–Crippen MR) is 138 cm³/mol. The van der Waals surface area contributed by atoms with Crippen molar-refractivity contribution in [1.29, 1.82) is 0 Å². The number of para-hydroxylation sites is 1. The maximum atomic E-state index is 13.8.